The molecule has 0 saturated carbocycles. The number of hydrogen-bond donors (Lipinski definition) is 7. The molecule has 0 amide bonds. The zero-order valence-corrected chi connectivity index (χ0v) is 26.5. The second-order valence-corrected chi connectivity index (χ2v) is 12.6. The maximum absolute atomic E-state index is 11.6. The highest BCUT2D eigenvalue weighted by atomic mass is 16.3. The Morgan fingerprint density at radius 2 is 0.882 bits per heavy atom. The van der Waals surface area contributed by atoms with Gasteiger partial charge in [0, 0.05) is 38.1 Å². The Morgan fingerprint density at radius 1 is 0.373 bits per heavy atom. The van der Waals surface area contributed by atoms with Gasteiger partial charge in [0.2, 0.25) is 11.5 Å². The Labute approximate surface area is 290 Å². The molecule has 7 N–H and O–H groups in total. The van der Waals surface area contributed by atoms with Gasteiger partial charge in [-0.3, -0.25) is 0 Å². The molecular formula is C42H25BO8. The molecule has 0 unspecified atom stereocenters. The molecule has 8 aromatic carbocycles. The molecule has 0 spiro atoms. The topological polar surface area (TPSA) is 155 Å². The van der Waals surface area contributed by atoms with Crippen LogP contribution in [-0.2, 0) is 0 Å². The second kappa shape index (κ2) is 10.8. The molecule has 0 fully saturated rings. The van der Waals surface area contributed by atoms with Crippen LogP contribution in [0.15, 0.2) is 114 Å². The van der Waals surface area contributed by atoms with Crippen LogP contribution < -0.4 is 5.46 Å². The molecule has 244 valence electrons. The van der Waals surface area contributed by atoms with Crippen molar-refractivity contribution in [2.45, 2.75) is 0 Å². The fourth-order valence-electron chi connectivity index (χ4n) is 7.32. The quantitative estimate of drug-likeness (QED) is 0.0427. The first-order chi connectivity index (χ1) is 24.6. The van der Waals surface area contributed by atoms with Crippen LogP contribution in [0.2, 0.25) is 0 Å². The van der Waals surface area contributed by atoms with Gasteiger partial charge in [0.1, 0.15) is 19.0 Å². The third-order valence-electron chi connectivity index (χ3n) is 9.78. The molecule has 1 aromatic heterocycles. The molecule has 0 aliphatic heterocycles. The fourth-order valence-corrected chi connectivity index (χ4v) is 7.32. The summed E-state index contributed by atoms with van der Waals surface area (Å²) < 4.78 is 6.01. The highest BCUT2D eigenvalue weighted by Gasteiger charge is 2.31. The van der Waals surface area contributed by atoms with Gasteiger partial charge >= 0.3 is 0 Å². The molecule has 0 saturated heterocycles. The van der Waals surface area contributed by atoms with Crippen LogP contribution in [0.3, 0.4) is 0 Å². The summed E-state index contributed by atoms with van der Waals surface area (Å²) in [7, 11) is 6.55. The first-order valence-electron chi connectivity index (χ1n) is 16.0. The van der Waals surface area contributed by atoms with Crippen LogP contribution in [0.1, 0.15) is 0 Å². The first-order valence-corrected chi connectivity index (χ1v) is 16.0. The van der Waals surface area contributed by atoms with Crippen molar-refractivity contribution in [1.82, 2.24) is 0 Å². The van der Waals surface area contributed by atoms with Gasteiger partial charge in [-0.25, -0.2) is 0 Å². The van der Waals surface area contributed by atoms with E-state index in [9.17, 15) is 35.7 Å². The Balaban J connectivity index is 1.41. The van der Waals surface area contributed by atoms with Gasteiger partial charge in [-0.1, -0.05) is 84.9 Å². The summed E-state index contributed by atoms with van der Waals surface area (Å²) in [6.45, 7) is 0. The van der Waals surface area contributed by atoms with Crippen molar-refractivity contribution in [3.05, 3.63) is 109 Å². The third-order valence-corrected chi connectivity index (χ3v) is 9.78. The molecule has 1 heterocycles. The lowest BCUT2D eigenvalue weighted by Gasteiger charge is -2.23. The molecule has 0 atom stereocenters. The lowest BCUT2D eigenvalue weighted by atomic mass is 9.78. The zero-order chi connectivity index (χ0) is 35.3. The molecule has 0 aliphatic carbocycles. The predicted molar refractivity (Wildman–Crippen MR) is 200 cm³/mol. The van der Waals surface area contributed by atoms with E-state index in [0.29, 0.717) is 27.7 Å². The number of rotatable bonds is 3. The van der Waals surface area contributed by atoms with Crippen LogP contribution in [0, 0.1) is 0 Å². The maximum Gasteiger partial charge on any atom is 0.204 e. The second-order valence-electron chi connectivity index (χ2n) is 12.6. The SMILES string of the molecule is [B]c1c(O)c(O)c(O)c2c(-c3ccc(-c4ccc5ccccc5c4)cc3)c3c(O)c(O)c(O)c(O)c3c(-c3ccc4oc5ccccc5c4c3)c12. The van der Waals surface area contributed by atoms with E-state index in [1.807, 2.05) is 72.8 Å². The number of benzene rings is 8. The summed E-state index contributed by atoms with van der Waals surface area (Å²) in [5.74, 6) is -6.02. The van der Waals surface area contributed by atoms with Crippen molar-refractivity contribution in [2.75, 3.05) is 0 Å². The van der Waals surface area contributed by atoms with Crippen molar-refractivity contribution in [1.29, 1.82) is 0 Å². The van der Waals surface area contributed by atoms with Gasteiger partial charge in [0.05, 0.1) is 0 Å². The largest absolute Gasteiger partial charge is 0.505 e. The molecular weight excluding hydrogens is 643 g/mol. The van der Waals surface area contributed by atoms with Crippen molar-refractivity contribution in [2.24, 2.45) is 0 Å². The summed E-state index contributed by atoms with van der Waals surface area (Å²) in [5.41, 5.74) is 3.56. The smallest absolute Gasteiger partial charge is 0.204 e. The highest BCUT2D eigenvalue weighted by Crippen LogP contribution is 2.59. The lowest BCUT2D eigenvalue weighted by Crippen LogP contribution is -2.08. The van der Waals surface area contributed by atoms with Crippen molar-refractivity contribution < 1.29 is 40.2 Å². The molecule has 9 rings (SSSR count). The minimum absolute atomic E-state index is 0.0100. The normalized spacial score (nSPS) is 11.8. The lowest BCUT2D eigenvalue weighted by molar-refractivity contribution is 0.351. The molecule has 51 heavy (non-hydrogen) atoms. The van der Waals surface area contributed by atoms with E-state index in [4.69, 9.17) is 12.3 Å². The number of phenolic OH excluding ortho intramolecular Hbond substituents is 7. The fraction of sp³-hybridized carbons (Fsp3) is 0. The van der Waals surface area contributed by atoms with Crippen LogP contribution in [-0.4, -0.2) is 43.6 Å². The predicted octanol–water partition coefficient (Wildman–Crippen LogP) is 8.78. The van der Waals surface area contributed by atoms with Gasteiger partial charge in [-0.2, -0.15) is 0 Å². The minimum Gasteiger partial charge on any atom is -0.505 e. The standard InChI is InChI=1S/C42H25BO8/c43-35-31-30(24-15-16-28-26(18-24)25-7-3-4-8-27(25)51-28)34-33(37(45)41(49)42(50)38(34)46)29(32(31)36(44)40(48)39(35)47)21-12-9-20(10-13-21)23-14-11-19-5-1-2-6-22(19)17-23/h1-18,44-50H. The van der Waals surface area contributed by atoms with Crippen LogP contribution in [0.5, 0.6) is 40.2 Å². The Bertz CT molecular complexity index is 2860. The number of fused-ring (bicyclic) bond motifs is 6. The van der Waals surface area contributed by atoms with Gasteiger partial charge < -0.3 is 40.2 Å². The molecule has 9 heteroatoms. The van der Waals surface area contributed by atoms with E-state index < -0.39 is 40.2 Å². The Kier molecular flexibility index (Phi) is 6.34. The average molecular weight is 668 g/mol. The number of furan rings is 1. The van der Waals surface area contributed by atoms with Crippen LogP contribution >= 0.6 is 0 Å². The summed E-state index contributed by atoms with van der Waals surface area (Å²) >= 11 is 0. The number of aromatic hydroxyl groups is 7. The monoisotopic (exact) mass is 668 g/mol. The van der Waals surface area contributed by atoms with Crippen molar-refractivity contribution >= 4 is 67.6 Å². The Morgan fingerprint density at radius 3 is 1.59 bits per heavy atom. The van der Waals surface area contributed by atoms with E-state index in [-0.39, 0.29) is 38.1 Å². The summed E-state index contributed by atoms with van der Waals surface area (Å²) in [6, 6.07) is 33.7. The molecule has 0 bridgehead atoms. The highest BCUT2D eigenvalue weighted by molar-refractivity contribution is 6.46. The summed E-state index contributed by atoms with van der Waals surface area (Å²) in [4.78, 5) is 0. The average Bonchev–Trinajstić information content (AvgIpc) is 3.54. The van der Waals surface area contributed by atoms with Gasteiger partial charge in [-0.05, 0) is 68.1 Å². The number of phenols is 7. The number of para-hydroxylation sites is 1. The van der Waals surface area contributed by atoms with E-state index in [1.165, 1.54) is 0 Å². The van der Waals surface area contributed by atoms with Crippen molar-refractivity contribution in [3.8, 4) is 73.6 Å². The van der Waals surface area contributed by atoms with E-state index in [2.05, 4.69) is 6.07 Å². The Hall–Kier alpha value is -7.00. The zero-order valence-electron chi connectivity index (χ0n) is 26.5. The molecule has 2 radical (unpaired) electrons. The van der Waals surface area contributed by atoms with Gasteiger partial charge in [-0.15, -0.1) is 0 Å². The van der Waals surface area contributed by atoms with Crippen LogP contribution in [0.25, 0.3) is 87.6 Å². The van der Waals surface area contributed by atoms with Gasteiger partial charge in [0.25, 0.3) is 0 Å². The third kappa shape index (κ3) is 4.21. The number of hydrogen-bond acceptors (Lipinski definition) is 8. The minimum atomic E-state index is -0.994. The molecule has 8 nitrogen and oxygen atoms in total. The van der Waals surface area contributed by atoms with E-state index in [0.717, 1.165) is 27.3 Å². The molecule has 0 aliphatic rings. The maximum atomic E-state index is 11.6. The van der Waals surface area contributed by atoms with Gasteiger partial charge in [0.15, 0.2) is 28.7 Å². The van der Waals surface area contributed by atoms with Crippen molar-refractivity contribution in [3.63, 3.8) is 0 Å². The summed E-state index contributed by atoms with van der Waals surface area (Å²) in [6.07, 6.45) is 0. The molecule has 9 aromatic rings. The van der Waals surface area contributed by atoms with E-state index >= 15 is 0 Å². The summed E-state index contributed by atoms with van der Waals surface area (Å²) in [5, 5.41) is 81.7. The first kappa shape index (κ1) is 30.1. The van der Waals surface area contributed by atoms with Crippen LogP contribution in [0.4, 0.5) is 0 Å². The van der Waals surface area contributed by atoms with E-state index in [1.54, 1.807) is 30.3 Å².